The van der Waals surface area contributed by atoms with Gasteiger partial charge in [0.2, 0.25) is 0 Å². The Morgan fingerprint density at radius 2 is 1.65 bits per heavy atom. The van der Waals surface area contributed by atoms with Crippen LogP contribution in [0.5, 0.6) is 5.75 Å². The van der Waals surface area contributed by atoms with Gasteiger partial charge in [-0.15, -0.1) is 4.83 Å². The third-order valence-corrected chi connectivity index (χ3v) is 5.19. The van der Waals surface area contributed by atoms with E-state index < -0.39 is 15.9 Å². The highest BCUT2D eigenvalue weighted by Crippen LogP contribution is 2.24. The third-order valence-electron chi connectivity index (χ3n) is 3.92. The summed E-state index contributed by atoms with van der Waals surface area (Å²) in [5, 5.41) is 0. The minimum absolute atomic E-state index is 0.0294. The molecule has 2 N–H and O–H groups in total. The van der Waals surface area contributed by atoms with E-state index in [1.165, 1.54) is 13.2 Å². The summed E-state index contributed by atoms with van der Waals surface area (Å²) in [5.41, 5.74) is 4.41. The van der Waals surface area contributed by atoms with E-state index in [0.29, 0.717) is 5.56 Å². The first-order chi connectivity index (χ1) is 12.0. The minimum Gasteiger partial charge on any atom is -0.495 e. The summed E-state index contributed by atoms with van der Waals surface area (Å²) in [6.45, 7) is 8.00. The number of carbonyl (C=O) groups is 1. The fourth-order valence-electron chi connectivity index (χ4n) is 2.36. The van der Waals surface area contributed by atoms with Gasteiger partial charge in [0.15, 0.2) is 0 Å². The zero-order valence-electron chi connectivity index (χ0n) is 15.6. The second-order valence-corrected chi connectivity index (χ2v) is 8.69. The van der Waals surface area contributed by atoms with Crippen molar-refractivity contribution in [2.24, 2.45) is 0 Å². The van der Waals surface area contributed by atoms with Crippen LogP contribution < -0.4 is 15.0 Å². The number of amides is 1. The first-order valence-electron chi connectivity index (χ1n) is 8.12. The fourth-order valence-corrected chi connectivity index (χ4v) is 3.45. The monoisotopic (exact) mass is 376 g/mol. The number of carbonyl (C=O) groups excluding carboxylic acids is 1. The number of benzene rings is 2. The lowest BCUT2D eigenvalue weighted by Gasteiger charge is -2.19. The summed E-state index contributed by atoms with van der Waals surface area (Å²) in [5.74, 6) is -0.340. The molecule has 0 aromatic heterocycles. The van der Waals surface area contributed by atoms with E-state index in [-0.39, 0.29) is 16.1 Å². The van der Waals surface area contributed by atoms with Gasteiger partial charge in [0, 0.05) is 5.56 Å². The van der Waals surface area contributed by atoms with E-state index in [1.807, 2.05) is 12.1 Å². The van der Waals surface area contributed by atoms with Gasteiger partial charge in [-0.25, -0.2) is 8.42 Å². The maximum atomic E-state index is 12.5. The van der Waals surface area contributed by atoms with Crippen molar-refractivity contribution in [1.29, 1.82) is 0 Å². The summed E-state index contributed by atoms with van der Waals surface area (Å²) in [6, 6.07) is 11.8. The maximum Gasteiger partial charge on any atom is 0.266 e. The molecule has 7 heteroatoms. The molecule has 0 bridgehead atoms. The van der Waals surface area contributed by atoms with Gasteiger partial charge in [-0.3, -0.25) is 10.2 Å². The molecule has 0 heterocycles. The van der Waals surface area contributed by atoms with Crippen molar-refractivity contribution in [2.45, 2.75) is 38.0 Å². The fraction of sp³-hybridized carbons (Fsp3) is 0.316. The summed E-state index contributed by atoms with van der Waals surface area (Å²) < 4.78 is 30.1. The van der Waals surface area contributed by atoms with Crippen molar-refractivity contribution in [2.75, 3.05) is 7.11 Å². The van der Waals surface area contributed by atoms with Crippen molar-refractivity contribution >= 4 is 15.9 Å². The number of rotatable bonds is 5. The molecule has 2 rings (SSSR count). The first-order valence-corrected chi connectivity index (χ1v) is 9.60. The Hall–Kier alpha value is -2.38. The molecule has 0 saturated heterocycles. The van der Waals surface area contributed by atoms with Gasteiger partial charge in [0.1, 0.15) is 10.6 Å². The highest BCUT2D eigenvalue weighted by molar-refractivity contribution is 7.89. The van der Waals surface area contributed by atoms with E-state index in [0.717, 1.165) is 11.1 Å². The van der Waals surface area contributed by atoms with Crippen molar-refractivity contribution in [3.05, 3.63) is 59.2 Å². The molecule has 0 unspecified atom stereocenters. The van der Waals surface area contributed by atoms with Crippen LogP contribution in [0.4, 0.5) is 0 Å². The van der Waals surface area contributed by atoms with Crippen molar-refractivity contribution < 1.29 is 17.9 Å². The van der Waals surface area contributed by atoms with E-state index >= 15 is 0 Å². The van der Waals surface area contributed by atoms with Crippen molar-refractivity contribution in [3.8, 4) is 5.75 Å². The number of methoxy groups -OCH3 is 1. The third kappa shape index (κ3) is 4.62. The lowest BCUT2D eigenvalue weighted by Crippen LogP contribution is -2.41. The molecule has 0 saturated carbocycles. The lowest BCUT2D eigenvalue weighted by atomic mass is 9.87. The quantitative estimate of drug-likeness (QED) is 0.786. The van der Waals surface area contributed by atoms with Crippen LogP contribution >= 0.6 is 0 Å². The average molecular weight is 376 g/mol. The summed E-state index contributed by atoms with van der Waals surface area (Å²) in [7, 11) is -2.58. The van der Waals surface area contributed by atoms with Gasteiger partial charge >= 0.3 is 0 Å². The molecule has 26 heavy (non-hydrogen) atoms. The van der Waals surface area contributed by atoms with Crippen LogP contribution in [-0.2, 0) is 15.4 Å². The zero-order valence-corrected chi connectivity index (χ0v) is 16.4. The van der Waals surface area contributed by atoms with Crippen LogP contribution in [0, 0.1) is 6.92 Å². The molecule has 2 aromatic carbocycles. The number of sulfonamides is 1. The summed E-state index contributed by atoms with van der Waals surface area (Å²) in [4.78, 5) is 14.3. The van der Waals surface area contributed by atoms with Gasteiger partial charge in [-0.05, 0) is 47.7 Å². The van der Waals surface area contributed by atoms with Crippen LogP contribution in [0.1, 0.15) is 42.3 Å². The number of hydrogen-bond donors (Lipinski definition) is 2. The van der Waals surface area contributed by atoms with Crippen LogP contribution in [0.2, 0.25) is 0 Å². The van der Waals surface area contributed by atoms with Gasteiger partial charge in [-0.2, -0.15) is 0 Å². The molecule has 0 aliphatic carbocycles. The largest absolute Gasteiger partial charge is 0.495 e. The standard InChI is InChI=1S/C19H24N2O4S/c1-13-6-11-16(25-5)17(12-13)26(23,24)21-20-18(22)14-7-9-15(10-8-14)19(2,3)4/h6-12,21H,1-5H3,(H,20,22). The molecule has 2 aromatic rings. The van der Waals surface area contributed by atoms with Gasteiger partial charge in [0.25, 0.3) is 15.9 Å². The molecule has 0 fully saturated rings. The highest BCUT2D eigenvalue weighted by Gasteiger charge is 2.21. The molecule has 0 aliphatic heterocycles. The van der Waals surface area contributed by atoms with Crippen molar-refractivity contribution in [1.82, 2.24) is 10.3 Å². The van der Waals surface area contributed by atoms with Gasteiger partial charge in [0.05, 0.1) is 7.11 Å². The number of ether oxygens (including phenoxy) is 1. The van der Waals surface area contributed by atoms with Crippen molar-refractivity contribution in [3.63, 3.8) is 0 Å². The number of hydrogen-bond acceptors (Lipinski definition) is 4. The summed E-state index contributed by atoms with van der Waals surface area (Å²) in [6.07, 6.45) is 0. The molecule has 0 atom stereocenters. The average Bonchev–Trinajstić information content (AvgIpc) is 2.59. The van der Waals surface area contributed by atoms with Crippen LogP contribution in [0.15, 0.2) is 47.4 Å². The molecular weight excluding hydrogens is 352 g/mol. The molecule has 1 amide bonds. The Bertz CT molecular complexity index is 898. The topological polar surface area (TPSA) is 84.5 Å². The predicted octanol–water partition coefficient (Wildman–Crippen LogP) is 2.92. The van der Waals surface area contributed by atoms with E-state index in [2.05, 4.69) is 31.0 Å². The Morgan fingerprint density at radius 1 is 1.04 bits per heavy atom. The van der Waals surface area contributed by atoms with Gasteiger partial charge in [-0.1, -0.05) is 39.0 Å². The first kappa shape index (κ1) is 19.9. The molecule has 0 aliphatic rings. The smallest absolute Gasteiger partial charge is 0.266 e. The minimum atomic E-state index is -3.97. The van der Waals surface area contributed by atoms with Gasteiger partial charge < -0.3 is 4.74 Å². The van der Waals surface area contributed by atoms with E-state index in [9.17, 15) is 13.2 Å². The number of hydrazine groups is 1. The SMILES string of the molecule is COc1ccc(C)cc1S(=O)(=O)NNC(=O)c1ccc(C(C)(C)C)cc1. The molecular formula is C19H24N2O4S. The molecule has 6 nitrogen and oxygen atoms in total. The lowest BCUT2D eigenvalue weighted by molar-refractivity contribution is 0.0945. The maximum absolute atomic E-state index is 12.5. The Morgan fingerprint density at radius 3 is 2.19 bits per heavy atom. The van der Waals surface area contributed by atoms with Crippen LogP contribution in [0.3, 0.4) is 0 Å². The highest BCUT2D eigenvalue weighted by atomic mass is 32.2. The normalized spacial score (nSPS) is 11.9. The van der Waals surface area contributed by atoms with Crippen LogP contribution in [0.25, 0.3) is 0 Å². The second-order valence-electron chi connectivity index (χ2n) is 7.04. The number of aryl methyl sites for hydroxylation is 1. The zero-order chi connectivity index (χ0) is 19.5. The van der Waals surface area contributed by atoms with E-state index in [4.69, 9.17) is 4.74 Å². The molecule has 140 valence electrons. The molecule has 0 spiro atoms. The van der Waals surface area contributed by atoms with Crippen LogP contribution in [-0.4, -0.2) is 21.4 Å². The summed E-state index contributed by atoms with van der Waals surface area (Å²) >= 11 is 0. The predicted molar refractivity (Wildman–Crippen MR) is 101 cm³/mol. The second kappa shape index (κ2) is 7.47. The Labute approximate surface area is 154 Å². The molecule has 0 radical (unpaired) electrons. The number of nitrogens with one attached hydrogen (secondary N) is 2. The Balaban J connectivity index is 2.15. The van der Waals surface area contributed by atoms with E-state index in [1.54, 1.807) is 31.2 Å². The Kier molecular flexibility index (Phi) is 5.73.